The maximum absolute atomic E-state index is 14.0. The van der Waals surface area contributed by atoms with Crippen LogP contribution in [0.5, 0.6) is 0 Å². The molecule has 0 heterocycles. The molecule has 0 spiro atoms. The number of nitrogens with one attached hydrogen (secondary N) is 1. The summed E-state index contributed by atoms with van der Waals surface area (Å²) in [7, 11) is 0. The van der Waals surface area contributed by atoms with E-state index >= 15 is 0 Å². The van der Waals surface area contributed by atoms with Gasteiger partial charge in [-0.1, -0.05) is 77.8 Å². The summed E-state index contributed by atoms with van der Waals surface area (Å²) in [5, 5.41) is 25.9. The average Bonchev–Trinajstić information content (AvgIpc) is 3.36. The molecule has 1 aromatic carbocycles. The normalized spacial score (nSPS) is 37.5. The van der Waals surface area contributed by atoms with Gasteiger partial charge in [0.2, 0.25) is 0 Å². The number of ether oxygens (including phenoxy) is 1. The second kappa shape index (κ2) is 13.5. The van der Waals surface area contributed by atoms with Crippen molar-refractivity contribution in [3.8, 4) is 0 Å². The van der Waals surface area contributed by atoms with Crippen molar-refractivity contribution in [1.82, 2.24) is 5.32 Å². The smallest absolute Gasteiger partial charge is 0.309 e. The molecule has 4 fully saturated rings. The van der Waals surface area contributed by atoms with Crippen molar-refractivity contribution >= 4 is 29.3 Å². The fraction of sp³-hybridized carbons (Fsp3) is 0.750. The number of allylic oxidation sites excluding steroid dienone is 1. The van der Waals surface area contributed by atoms with Gasteiger partial charge in [0.1, 0.15) is 6.10 Å². The van der Waals surface area contributed by atoms with Gasteiger partial charge >= 0.3 is 11.9 Å². The lowest BCUT2D eigenvalue weighted by atomic mass is 9.33. The molecule has 1 aromatic rings. The fourth-order valence-electron chi connectivity index (χ4n) is 13.1. The van der Waals surface area contributed by atoms with E-state index < -0.39 is 28.9 Å². The Morgan fingerprint density at radius 1 is 0.981 bits per heavy atom. The summed E-state index contributed by atoms with van der Waals surface area (Å²) < 4.78 is 6.16. The highest BCUT2D eigenvalue weighted by Crippen LogP contribution is 2.77. The molecule has 0 saturated heterocycles. The molecule has 3 N–H and O–H groups in total. The highest BCUT2D eigenvalue weighted by Gasteiger charge is 2.70. The van der Waals surface area contributed by atoms with E-state index in [2.05, 4.69) is 53.8 Å². The third kappa shape index (κ3) is 6.11. The molecule has 2 unspecified atom stereocenters. The van der Waals surface area contributed by atoms with Gasteiger partial charge in [-0.3, -0.25) is 14.4 Å². The number of hydrogen-bond donors (Lipinski definition) is 3. The highest BCUT2D eigenvalue weighted by molar-refractivity contribution is 6.30. The zero-order valence-corrected chi connectivity index (χ0v) is 33.9. The third-order valence-corrected chi connectivity index (χ3v) is 16.3. The molecule has 6 rings (SSSR count). The SMILES string of the molecule is CC(C)C1=C2[C@H]3CCC4[C@@]5(C)CC[C@H](OC(=O)CC(C)(C)C(=O)O)C(C)(C)C5CC[C@@]4(C)[C@]3(C)CC[C@@]2([C@H](O)CNCc2cccc(Cl)c2)CC1=O. The largest absolute Gasteiger partial charge is 0.481 e. The van der Waals surface area contributed by atoms with E-state index in [4.69, 9.17) is 16.3 Å². The molecule has 0 aromatic heterocycles. The number of fused-ring (bicyclic) bond motifs is 7. The van der Waals surface area contributed by atoms with Crippen molar-refractivity contribution in [2.75, 3.05) is 6.54 Å². The minimum Gasteiger partial charge on any atom is -0.481 e. The lowest BCUT2D eigenvalue weighted by molar-refractivity contribution is -0.235. The van der Waals surface area contributed by atoms with Crippen molar-refractivity contribution in [1.29, 1.82) is 0 Å². The number of rotatable bonds is 10. The van der Waals surface area contributed by atoms with Crippen LogP contribution in [-0.2, 0) is 25.7 Å². The van der Waals surface area contributed by atoms with Crippen LogP contribution >= 0.6 is 11.6 Å². The highest BCUT2D eigenvalue weighted by atomic mass is 35.5. The Morgan fingerprint density at radius 2 is 1.69 bits per heavy atom. The lowest BCUT2D eigenvalue weighted by Gasteiger charge is -2.72. The van der Waals surface area contributed by atoms with Gasteiger partial charge in [0.15, 0.2) is 5.78 Å². The van der Waals surface area contributed by atoms with Gasteiger partial charge in [-0.25, -0.2) is 0 Å². The first kappa shape index (κ1) is 39.5. The summed E-state index contributed by atoms with van der Waals surface area (Å²) in [6.45, 7) is 20.6. The molecule has 4 saturated carbocycles. The summed E-state index contributed by atoms with van der Waals surface area (Å²) in [4.78, 5) is 38.8. The Morgan fingerprint density at radius 3 is 2.35 bits per heavy atom. The van der Waals surface area contributed by atoms with Gasteiger partial charge in [-0.05, 0) is 128 Å². The van der Waals surface area contributed by atoms with E-state index in [0.717, 1.165) is 62.5 Å². The first-order chi connectivity index (χ1) is 24.1. The second-order valence-electron chi connectivity index (χ2n) is 19.8. The van der Waals surface area contributed by atoms with Gasteiger partial charge in [-0.15, -0.1) is 0 Å². The van der Waals surface area contributed by atoms with Crippen molar-refractivity contribution in [3.05, 3.63) is 46.0 Å². The molecular weight excluding hydrogens is 674 g/mol. The Kier molecular flexibility index (Phi) is 10.3. The summed E-state index contributed by atoms with van der Waals surface area (Å²) >= 11 is 6.24. The van der Waals surface area contributed by atoms with Gasteiger partial charge < -0.3 is 20.3 Å². The summed E-state index contributed by atoms with van der Waals surface area (Å²) in [6, 6.07) is 7.80. The monoisotopic (exact) mass is 737 g/mol. The van der Waals surface area contributed by atoms with Gasteiger partial charge in [-0.2, -0.15) is 0 Å². The molecule has 9 atom stereocenters. The van der Waals surface area contributed by atoms with E-state index in [0.29, 0.717) is 36.4 Å². The van der Waals surface area contributed by atoms with Crippen molar-refractivity contribution < 1.29 is 29.3 Å². The molecule has 7 nitrogen and oxygen atoms in total. The van der Waals surface area contributed by atoms with Crippen LogP contribution in [0, 0.1) is 56.2 Å². The zero-order chi connectivity index (χ0) is 38.2. The van der Waals surface area contributed by atoms with Crippen LogP contribution in [0.15, 0.2) is 35.4 Å². The number of aliphatic carboxylic acids is 1. The van der Waals surface area contributed by atoms with E-state index in [-0.39, 0.29) is 51.8 Å². The van der Waals surface area contributed by atoms with Crippen molar-refractivity contribution in [2.24, 2.45) is 56.2 Å². The number of ketones is 1. The summed E-state index contributed by atoms with van der Waals surface area (Å²) in [6.07, 6.45) is 7.14. The Hall–Kier alpha value is -2.22. The lowest BCUT2D eigenvalue weighted by Crippen LogP contribution is -2.66. The third-order valence-electron chi connectivity index (χ3n) is 16.1. The predicted molar refractivity (Wildman–Crippen MR) is 205 cm³/mol. The molecule has 0 amide bonds. The zero-order valence-electron chi connectivity index (χ0n) is 33.2. The van der Waals surface area contributed by atoms with Crippen LogP contribution in [0.2, 0.25) is 5.02 Å². The minimum absolute atomic E-state index is 0.0166. The van der Waals surface area contributed by atoms with Crippen molar-refractivity contribution in [2.45, 2.75) is 145 Å². The second-order valence-corrected chi connectivity index (χ2v) is 20.3. The topological polar surface area (TPSA) is 113 Å². The molecule has 0 radical (unpaired) electrons. The molecule has 8 heteroatoms. The maximum atomic E-state index is 14.0. The standard InChI is InChI=1S/C44H64ClNO6/c1-26(2)36-30(47)22-44(33(48)25-46-24-27-11-10-12-28(45)21-27)20-19-42(8)29(37(36)44)13-14-32-41(7)17-16-34(52-35(49)23-39(3,4)38(50)51)40(5,6)31(41)15-18-43(32,42)9/h10-12,21,26,29,31-34,46,48H,13-20,22-25H2,1-9H3,(H,50,51)/t29-,31?,32?,33-,34+,41+,42-,43-,44+/m1/s1. The number of aliphatic hydroxyl groups is 1. The van der Waals surface area contributed by atoms with Gasteiger partial charge in [0, 0.05) is 35.4 Å². The number of halogens is 1. The number of Topliss-reactive ketones (excluding diaryl/α,β-unsaturated/α-hetero) is 1. The Labute approximate surface area is 317 Å². The van der Waals surface area contributed by atoms with Gasteiger partial charge in [0.05, 0.1) is 17.9 Å². The average molecular weight is 738 g/mol. The molecule has 52 heavy (non-hydrogen) atoms. The molecule has 5 aliphatic carbocycles. The van der Waals surface area contributed by atoms with E-state index in [1.807, 2.05) is 24.3 Å². The molecule has 5 aliphatic rings. The van der Waals surface area contributed by atoms with Crippen LogP contribution in [0.4, 0.5) is 0 Å². The number of benzene rings is 1. The van der Waals surface area contributed by atoms with E-state index in [9.17, 15) is 24.6 Å². The van der Waals surface area contributed by atoms with Crippen LogP contribution in [-0.4, -0.2) is 46.7 Å². The van der Waals surface area contributed by atoms with Crippen LogP contribution < -0.4 is 5.32 Å². The first-order valence-corrected chi connectivity index (χ1v) is 20.4. The van der Waals surface area contributed by atoms with E-state index in [1.165, 1.54) is 5.57 Å². The quantitative estimate of drug-likeness (QED) is 0.205. The molecule has 0 bridgehead atoms. The number of esters is 1. The summed E-state index contributed by atoms with van der Waals surface area (Å²) in [5.74, 6) is 0.0236. The van der Waals surface area contributed by atoms with Crippen LogP contribution in [0.25, 0.3) is 0 Å². The predicted octanol–water partition coefficient (Wildman–Crippen LogP) is 9.18. The maximum Gasteiger partial charge on any atom is 0.309 e. The molecule has 0 aliphatic heterocycles. The van der Waals surface area contributed by atoms with Gasteiger partial charge in [0.25, 0.3) is 0 Å². The van der Waals surface area contributed by atoms with Crippen LogP contribution in [0.3, 0.4) is 0 Å². The molecule has 288 valence electrons. The van der Waals surface area contributed by atoms with Crippen LogP contribution in [0.1, 0.15) is 132 Å². The van der Waals surface area contributed by atoms with Crippen molar-refractivity contribution in [3.63, 3.8) is 0 Å². The fourth-order valence-corrected chi connectivity index (χ4v) is 13.3. The van der Waals surface area contributed by atoms with E-state index in [1.54, 1.807) is 13.8 Å². The summed E-state index contributed by atoms with van der Waals surface area (Å²) in [5.41, 5.74) is 1.49. The number of carbonyl (C=O) groups is 3. The number of hydrogen-bond acceptors (Lipinski definition) is 6. The minimum atomic E-state index is -1.17. The molecular formula is C44H64ClNO6. The number of aliphatic hydroxyl groups excluding tert-OH is 1. The number of carbonyl (C=O) groups excluding carboxylic acids is 2. The Balaban J connectivity index is 1.26. The number of carboxylic acids is 1. The number of carboxylic acid groups (broad SMARTS) is 1. The Bertz CT molecular complexity index is 1630. The first-order valence-electron chi connectivity index (χ1n) is 20.0.